The Morgan fingerprint density at radius 1 is 0.646 bits per heavy atom. The second-order valence-corrected chi connectivity index (χ2v) is 12.2. The van der Waals surface area contributed by atoms with Crippen molar-refractivity contribution in [3.8, 4) is 33.6 Å². The summed E-state index contributed by atoms with van der Waals surface area (Å²) in [5.74, 6) is 0. The minimum Gasteiger partial charge on any atom is -0.486 e. The molecule has 5 aromatic heterocycles. The van der Waals surface area contributed by atoms with Gasteiger partial charge in [-0.1, -0.05) is 41.6 Å². The molecule has 0 saturated heterocycles. The second-order valence-electron chi connectivity index (χ2n) is 12.2. The topological polar surface area (TPSA) is 64.7 Å². The van der Waals surface area contributed by atoms with Crippen molar-refractivity contribution in [3.05, 3.63) is 143 Å². The van der Waals surface area contributed by atoms with Crippen LogP contribution in [0.1, 0.15) is 33.6 Å². The van der Waals surface area contributed by atoms with E-state index < -0.39 is 0 Å². The molecular weight excluding hydrogens is 769 g/mol. The monoisotopic (exact) mass is 803 g/mol. The first-order chi connectivity index (χ1) is 22.7. The Morgan fingerprint density at radius 3 is 2.25 bits per heavy atom. The van der Waals surface area contributed by atoms with Crippen LogP contribution >= 0.6 is 0 Å². The number of hydrogen-bond donors (Lipinski definition) is 0. The van der Waals surface area contributed by atoms with Gasteiger partial charge in [0.25, 0.3) is 0 Å². The van der Waals surface area contributed by atoms with Crippen LogP contribution in [0.15, 0.2) is 102 Å². The molecule has 0 aliphatic heterocycles. The Bertz CT molecular complexity index is 2430. The first-order valence-electron chi connectivity index (χ1n) is 15.7. The van der Waals surface area contributed by atoms with Gasteiger partial charge in [-0.15, -0.1) is 53.6 Å². The van der Waals surface area contributed by atoms with Gasteiger partial charge in [-0.25, -0.2) is 4.98 Å². The van der Waals surface area contributed by atoms with Crippen LogP contribution in [-0.4, -0.2) is 19.9 Å². The third-order valence-corrected chi connectivity index (χ3v) is 8.56. The fourth-order valence-corrected chi connectivity index (χ4v) is 5.76. The number of aryl methyl sites for hydroxylation is 6. The van der Waals surface area contributed by atoms with Crippen molar-refractivity contribution in [1.29, 1.82) is 0 Å². The Hall–Kier alpha value is -5.03. The van der Waals surface area contributed by atoms with Gasteiger partial charge in [0, 0.05) is 54.7 Å². The zero-order chi connectivity index (χ0) is 32.7. The molecule has 0 bridgehead atoms. The maximum Gasteiger partial charge on any atom is 0.216 e. The fourth-order valence-electron chi connectivity index (χ4n) is 5.76. The molecule has 0 aliphatic carbocycles. The number of hydrogen-bond acceptors (Lipinski definition) is 5. The van der Waals surface area contributed by atoms with E-state index in [2.05, 4.69) is 108 Å². The Balaban J connectivity index is 0.000000212. The number of fused-ring (bicyclic) bond motifs is 4. The Kier molecular flexibility index (Phi) is 9.32. The van der Waals surface area contributed by atoms with E-state index in [0.717, 1.165) is 66.7 Å². The fraction of sp³-hybridized carbons (Fsp3) is 0.143. The molecule has 0 fully saturated rings. The first-order valence-corrected chi connectivity index (χ1v) is 15.7. The van der Waals surface area contributed by atoms with E-state index in [9.17, 15) is 0 Å². The minimum atomic E-state index is 0. The van der Waals surface area contributed by atoms with Crippen LogP contribution in [0.4, 0.5) is 0 Å². The van der Waals surface area contributed by atoms with E-state index in [1.165, 1.54) is 27.8 Å². The van der Waals surface area contributed by atoms with Crippen molar-refractivity contribution in [2.75, 3.05) is 0 Å². The van der Waals surface area contributed by atoms with Gasteiger partial charge in [-0.3, -0.25) is 4.98 Å². The van der Waals surface area contributed by atoms with Gasteiger partial charge >= 0.3 is 0 Å². The summed E-state index contributed by atoms with van der Waals surface area (Å²) in [6.07, 6.45) is 3.76. The molecule has 0 spiro atoms. The Morgan fingerprint density at radius 2 is 1.46 bits per heavy atom. The van der Waals surface area contributed by atoms with Crippen molar-refractivity contribution < 1.29 is 24.5 Å². The summed E-state index contributed by atoms with van der Waals surface area (Å²) in [6, 6.07) is 35.5. The molecule has 3 aromatic carbocycles. The number of aromatic nitrogens is 4. The summed E-state index contributed by atoms with van der Waals surface area (Å²) in [5, 5.41) is 3.16. The number of rotatable bonds is 3. The van der Waals surface area contributed by atoms with Crippen molar-refractivity contribution in [2.24, 2.45) is 0 Å². The average Bonchev–Trinajstić information content (AvgIpc) is 3.44. The molecule has 239 valence electrons. The van der Waals surface area contributed by atoms with Gasteiger partial charge in [-0.05, 0) is 105 Å². The molecule has 0 amide bonds. The summed E-state index contributed by atoms with van der Waals surface area (Å²) in [6.45, 7) is 12.4. The first kappa shape index (κ1) is 32.9. The third-order valence-electron chi connectivity index (χ3n) is 8.56. The number of furan rings is 1. The molecular formula is C42H34IrN4O-2. The van der Waals surface area contributed by atoms with E-state index in [-0.39, 0.29) is 20.1 Å². The smallest absolute Gasteiger partial charge is 0.216 e. The Labute approximate surface area is 294 Å². The molecule has 0 atom stereocenters. The molecule has 1 radical (unpaired) electrons. The van der Waals surface area contributed by atoms with Crippen LogP contribution in [0, 0.1) is 53.7 Å². The van der Waals surface area contributed by atoms with Crippen molar-refractivity contribution in [3.63, 3.8) is 0 Å². The normalized spacial score (nSPS) is 11.0. The largest absolute Gasteiger partial charge is 0.486 e. The van der Waals surface area contributed by atoms with Crippen molar-refractivity contribution in [1.82, 2.24) is 19.9 Å². The van der Waals surface area contributed by atoms with Crippen LogP contribution in [-0.2, 0) is 20.1 Å². The van der Waals surface area contributed by atoms with Crippen LogP contribution in [0.2, 0.25) is 0 Å². The number of nitrogens with zero attached hydrogens (tertiary/aromatic N) is 4. The van der Waals surface area contributed by atoms with Crippen LogP contribution in [0.25, 0.3) is 66.6 Å². The average molecular weight is 803 g/mol. The molecule has 8 aromatic rings. The summed E-state index contributed by atoms with van der Waals surface area (Å²) < 4.78 is 6.17. The van der Waals surface area contributed by atoms with Gasteiger partial charge in [-0.2, -0.15) is 0 Å². The van der Waals surface area contributed by atoms with Crippen LogP contribution < -0.4 is 0 Å². The van der Waals surface area contributed by atoms with E-state index in [1.54, 1.807) is 0 Å². The van der Waals surface area contributed by atoms with E-state index in [4.69, 9.17) is 4.42 Å². The van der Waals surface area contributed by atoms with Gasteiger partial charge in [0.2, 0.25) is 5.71 Å². The summed E-state index contributed by atoms with van der Waals surface area (Å²) in [7, 11) is 0. The van der Waals surface area contributed by atoms with E-state index in [0.29, 0.717) is 5.71 Å². The molecule has 0 aliphatic rings. The van der Waals surface area contributed by atoms with E-state index >= 15 is 0 Å². The third kappa shape index (κ3) is 6.55. The SMILES string of the molecule is Cc1c[c-]c(-c2cc(C)c(C)cn2)cc1.Cc1ccc2cc(-c3ccnc(-c4[c-]ccc5c4oc4nc(C)ccc45)c3)c(C)cc2n1.[Ir]. The molecule has 8 rings (SSSR count). The van der Waals surface area contributed by atoms with Gasteiger partial charge in [0.05, 0.1) is 11.1 Å². The number of benzene rings is 3. The zero-order valence-corrected chi connectivity index (χ0v) is 30.2. The maximum atomic E-state index is 6.17. The molecule has 48 heavy (non-hydrogen) atoms. The van der Waals surface area contributed by atoms with E-state index in [1.807, 2.05) is 62.6 Å². The predicted molar refractivity (Wildman–Crippen MR) is 191 cm³/mol. The zero-order valence-electron chi connectivity index (χ0n) is 27.8. The maximum absolute atomic E-state index is 6.17. The molecule has 0 unspecified atom stereocenters. The summed E-state index contributed by atoms with van der Waals surface area (Å²) in [4.78, 5) is 18.3. The van der Waals surface area contributed by atoms with Gasteiger partial charge in [0.1, 0.15) is 0 Å². The number of pyridine rings is 4. The molecule has 6 heteroatoms. The molecule has 0 saturated carbocycles. The summed E-state index contributed by atoms with van der Waals surface area (Å²) in [5.41, 5.74) is 15.3. The summed E-state index contributed by atoms with van der Waals surface area (Å²) >= 11 is 0. The molecule has 5 nitrogen and oxygen atoms in total. The second kappa shape index (κ2) is 13.6. The molecule has 0 N–H and O–H groups in total. The minimum absolute atomic E-state index is 0. The quantitative estimate of drug-likeness (QED) is 0.167. The molecule has 5 heterocycles. The standard InChI is InChI=1S/C28H20N3O.C14H14N.Ir/c1-16-13-25-20(9-7-17(2)30-25)14-24(16)19-11-12-29-26(15-19)23-6-4-5-21-22-10-8-18(3)31-28(22)32-27(21)23;1-10-4-6-13(7-5-10)14-8-11(2)12(3)9-15-14;/h4-5,7-15H,1-3H3;4-6,8-9H,1-3H3;/q2*-1;. The van der Waals surface area contributed by atoms with Gasteiger partial charge in [0.15, 0.2) is 0 Å². The van der Waals surface area contributed by atoms with Gasteiger partial charge < -0.3 is 14.4 Å². The van der Waals surface area contributed by atoms with Crippen molar-refractivity contribution in [2.45, 2.75) is 41.5 Å². The van der Waals surface area contributed by atoms with Crippen LogP contribution in [0.3, 0.4) is 0 Å². The van der Waals surface area contributed by atoms with Crippen molar-refractivity contribution >= 4 is 33.0 Å². The van der Waals surface area contributed by atoms with Crippen LogP contribution in [0.5, 0.6) is 0 Å². The predicted octanol–water partition coefficient (Wildman–Crippen LogP) is 10.5.